The van der Waals surface area contributed by atoms with Crippen molar-refractivity contribution in [2.24, 2.45) is 0 Å². The van der Waals surface area contributed by atoms with Crippen LogP contribution in [0.1, 0.15) is 0 Å². The SMILES string of the molecule is O=C(CBr)OC(C(F)(F)F)C(F)(F)F. The number of halogens is 7. The number of hydrogen-bond donors (Lipinski definition) is 0. The molecule has 0 N–H and O–H groups in total. The van der Waals surface area contributed by atoms with E-state index in [-0.39, 0.29) is 0 Å². The van der Waals surface area contributed by atoms with Crippen LogP contribution in [0.4, 0.5) is 26.3 Å². The molecule has 0 aromatic heterocycles. The number of carbonyl (C=O) groups excluding carboxylic acids is 1. The molecular formula is C5H3BrF6O2. The normalized spacial score (nSPS) is 13.1. The molecule has 0 heterocycles. The van der Waals surface area contributed by atoms with E-state index in [0.717, 1.165) is 0 Å². The van der Waals surface area contributed by atoms with Crippen LogP contribution in [0.3, 0.4) is 0 Å². The van der Waals surface area contributed by atoms with Gasteiger partial charge in [-0.3, -0.25) is 4.79 Å². The van der Waals surface area contributed by atoms with E-state index < -0.39 is 29.8 Å². The number of ether oxygens (including phenoxy) is 1. The Labute approximate surface area is 82.3 Å². The van der Waals surface area contributed by atoms with Crippen LogP contribution < -0.4 is 0 Å². The van der Waals surface area contributed by atoms with Gasteiger partial charge >= 0.3 is 18.3 Å². The van der Waals surface area contributed by atoms with Crippen molar-refractivity contribution in [3.8, 4) is 0 Å². The predicted molar refractivity (Wildman–Crippen MR) is 35.8 cm³/mol. The number of rotatable bonds is 2. The van der Waals surface area contributed by atoms with E-state index in [1.54, 1.807) is 0 Å². The molecule has 0 fully saturated rings. The average molecular weight is 289 g/mol. The van der Waals surface area contributed by atoms with E-state index in [0.29, 0.717) is 0 Å². The number of hydrogen-bond acceptors (Lipinski definition) is 2. The molecule has 0 amide bonds. The molecule has 9 heteroatoms. The Morgan fingerprint density at radius 2 is 1.50 bits per heavy atom. The van der Waals surface area contributed by atoms with Crippen LogP contribution in [0, 0.1) is 0 Å². The zero-order valence-electron chi connectivity index (χ0n) is 6.25. The first kappa shape index (κ1) is 13.5. The summed E-state index contributed by atoms with van der Waals surface area (Å²) in [7, 11) is 0. The molecule has 14 heavy (non-hydrogen) atoms. The van der Waals surface area contributed by atoms with E-state index in [1.165, 1.54) is 0 Å². The van der Waals surface area contributed by atoms with Crippen LogP contribution in [0.2, 0.25) is 0 Å². The second-order valence-corrected chi connectivity index (χ2v) is 2.65. The van der Waals surface area contributed by atoms with Crippen molar-refractivity contribution in [2.45, 2.75) is 18.5 Å². The zero-order chi connectivity index (χ0) is 11.6. The number of esters is 1. The fraction of sp³-hybridized carbons (Fsp3) is 0.800. The third-order valence-electron chi connectivity index (χ3n) is 0.953. The largest absolute Gasteiger partial charge is 0.442 e. The van der Waals surface area contributed by atoms with Gasteiger partial charge in [0.15, 0.2) is 0 Å². The van der Waals surface area contributed by atoms with Crippen molar-refractivity contribution < 1.29 is 35.9 Å². The van der Waals surface area contributed by atoms with Gasteiger partial charge in [0, 0.05) is 0 Å². The highest BCUT2D eigenvalue weighted by molar-refractivity contribution is 9.09. The Balaban J connectivity index is 4.68. The maximum atomic E-state index is 11.7. The highest BCUT2D eigenvalue weighted by atomic mass is 79.9. The molecule has 2 nitrogen and oxygen atoms in total. The Kier molecular flexibility index (Phi) is 4.22. The topological polar surface area (TPSA) is 26.3 Å². The van der Waals surface area contributed by atoms with Crippen molar-refractivity contribution in [3.05, 3.63) is 0 Å². The van der Waals surface area contributed by atoms with Crippen LogP contribution in [-0.4, -0.2) is 29.8 Å². The van der Waals surface area contributed by atoms with E-state index in [1.807, 2.05) is 0 Å². The van der Waals surface area contributed by atoms with Gasteiger partial charge in [0.2, 0.25) is 0 Å². The van der Waals surface area contributed by atoms with Gasteiger partial charge in [-0.15, -0.1) is 0 Å². The standard InChI is InChI=1S/C5H3BrF6O2/c6-1-2(13)14-3(4(7,8)9)5(10,11)12/h3H,1H2. The lowest BCUT2D eigenvalue weighted by Crippen LogP contribution is -2.45. The first-order chi connectivity index (χ1) is 6.09. The Hall–Kier alpha value is -0.470. The highest BCUT2D eigenvalue weighted by Crippen LogP contribution is 2.35. The van der Waals surface area contributed by atoms with Crippen molar-refractivity contribution in [3.63, 3.8) is 0 Å². The quantitative estimate of drug-likeness (QED) is 0.443. The molecule has 0 aromatic rings. The molecule has 0 saturated carbocycles. The summed E-state index contributed by atoms with van der Waals surface area (Å²) in [5.41, 5.74) is 0. The van der Waals surface area contributed by atoms with Gasteiger partial charge < -0.3 is 4.74 Å². The summed E-state index contributed by atoms with van der Waals surface area (Å²) in [4.78, 5) is 10.2. The predicted octanol–water partition coefficient (Wildman–Crippen LogP) is 2.42. The van der Waals surface area contributed by atoms with Crippen LogP contribution in [-0.2, 0) is 9.53 Å². The summed E-state index contributed by atoms with van der Waals surface area (Å²) >= 11 is 2.37. The fourth-order valence-corrected chi connectivity index (χ4v) is 0.614. The molecule has 0 unspecified atom stereocenters. The monoisotopic (exact) mass is 288 g/mol. The van der Waals surface area contributed by atoms with E-state index >= 15 is 0 Å². The fourth-order valence-electron chi connectivity index (χ4n) is 0.482. The van der Waals surface area contributed by atoms with E-state index in [2.05, 4.69) is 20.7 Å². The molecule has 84 valence electrons. The van der Waals surface area contributed by atoms with Crippen molar-refractivity contribution in [2.75, 3.05) is 5.33 Å². The Bertz CT molecular complexity index is 195. The summed E-state index contributed by atoms with van der Waals surface area (Å²) in [5.74, 6) is -1.63. The Morgan fingerprint density at radius 3 is 1.71 bits per heavy atom. The molecular weight excluding hydrogens is 286 g/mol. The van der Waals surface area contributed by atoms with Crippen molar-refractivity contribution in [1.29, 1.82) is 0 Å². The first-order valence-corrected chi connectivity index (χ1v) is 4.10. The second-order valence-electron chi connectivity index (χ2n) is 2.09. The third-order valence-corrected chi connectivity index (χ3v) is 1.41. The molecule has 0 saturated heterocycles. The highest BCUT2D eigenvalue weighted by Gasteiger charge is 2.59. The van der Waals surface area contributed by atoms with E-state index in [9.17, 15) is 31.1 Å². The zero-order valence-corrected chi connectivity index (χ0v) is 7.83. The lowest BCUT2D eigenvalue weighted by Gasteiger charge is -2.22. The maximum Gasteiger partial charge on any atom is 0.434 e. The smallest absolute Gasteiger partial charge is 0.434 e. The average Bonchev–Trinajstić information content (AvgIpc) is 1.95. The van der Waals surface area contributed by atoms with Crippen LogP contribution in [0.25, 0.3) is 0 Å². The lowest BCUT2D eigenvalue weighted by atomic mass is 10.3. The van der Waals surface area contributed by atoms with Gasteiger partial charge in [-0.05, 0) is 0 Å². The lowest BCUT2D eigenvalue weighted by molar-refractivity contribution is -0.312. The van der Waals surface area contributed by atoms with Gasteiger partial charge in [0.1, 0.15) is 5.33 Å². The molecule has 0 aromatic carbocycles. The maximum absolute atomic E-state index is 11.7. The molecule has 0 rings (SSSR count). The van der Waals surface area contributed by atoms with Gasteiger partial charge in [-0.25, -0.2) is 0 Å². The van der Waals surface area contributed by atoms with E-state index in [4.69, 9.17) is 0 Å². The second kappa shape index (κ2) is 4.37. The molecule has 0 aliphatic carbocycles. The van der Waals surface area contributed by atoms with Gasteiger partial charge in [0.25, 0.3) is 6.10 Å². The van der Waals surface area contributed by atoms with Gasteiger partial charge in [-0.1, -0.05) is 15.9 Å². The van der Waals surface area contributed by atoms with Gasteiger partial charge in [-0.2, -0.15) is 26.3 Å². The minimum atomic E-state index is -5.66. The summed E-state index contributed by atoms with van der Waals surface area (Å²) in [5, 5.41) is -0.740. The van der Waals surface area contributed by atoms with Crippen molar-refractivity contribution >= 4 is 21.9 Å². The van der Waals surface area contributed by atoms with Crippen molar-refractivity contribution in [1.82, 2.24) is 0 Å². The first-order valence-electron chi connectivity index (χ1n) is 2.98. The molecule has 0 radical (unpaired) electrons. The summed E-state index contributed by atoms with van der Waals surface area (Å²) in [6.45, 7) is 0. The minimum absolute atomic E-state index is 0.740. The minimum Gasteiger partial charge on any atom is -0.442 e. The number of carbonyl (C=O) groups is 1. The summed E-state index contributed by atoms with van der Waals surface area (Å²) in [6, 6.07) is 0. The summed E-state index contributed by atoms with van der Waals surface area (Å²) < 4.78 is 73.4. The molecule has 0 atom stereocenters. The molecule has 0 bridgehead atoms. The van der Waals surface area contributed by atoms with Gasteiger partial charge in [0.05, 0.1) is 0 Å². The van der Waals surface area contributed by atoms with Crippen LogP contribution >= 0.6 is 15.9 Å². The Morgan fingerprint density at radius 1 is 1.14 bits per heavy atom. The summed E-state index contributed by atoms with van der Waals surface area (Å²) in [6.07, 6.45) is -15.4. The molecule has 0 spiro atoms. The van der Waals surface area contributed by atoms with Crippen LogP contribution in [0.5, 0.6) is 0 Å². The molecule has 0 aliphatic rings. The number of alkyl halides is 7. The molecule has 0 aliphatic heterocycles. The third kappa shape index (κ3) is 4.16. The van der Waals surface area contributed by atoms with Crippen LogP contribution in [0.15, 0.2) is 0 Å².